The van der Waals surface area contributed by atoms with E-state index in [1.807, 2.05) is 30.5 Å². The van der Waals surface area contributed by atoms with Gasteiger partial charge in [0, 0.05) is 35.9 Å². The third-order valence-electron chi connectivity index (χ3n) is 9.70. The number of ether oxygens (including phenoxy) is 1. The Morgan fingerprint density at radius 1 is 1.00 bits per heavy atom. The summed E-state index contributed by atoms with van der Waals surface area (Å²) in [7, 11) is 1.68. The molecule has 5 heteroatoms. The molecule has 0 radical (unpaired) electrons. The van der Waals surface area contributed by atoms with Crippen LogP contribution in [0.25, 0.3) is 32.4 Å². The van der Waals surface area contributed by atoms with Crippen molar-refractivity contribution in [2.45, 2.75) is 31.5 Å². The third kappa shape index (κ3) is 4.26. The van der Waals surface area contributed by atoms with Crippen LogP contribution in [0.1, 0.15) is 30.1 Å². The minimum atomic E-state index is -0.600. The van der Waals surface area contributed by atoms with Gasteiger partial charge in [-0.25, -0.2) is 0 Å². The van der Waals surface area contributed by atoms with Crippen LogP contribution in [0, 0.1) is 11.8 Å². The van der Waals surface area contributed by atoms with Crippen molar-refractivity contribution in [2.75, 3.05) is 20.2 Å². The predicted molar refractivity (Wildman–Crippen MR) is 159 cm³/mol. The summed E-state index contributed by atoms with van der Waals surface area (Å²) in [6.07, 6.45) is 5.58. The number of benzene rings is 4. The van der Waals surface area contributed by atoms with Crippen molar-refractivity contribution >= 4 is 32.4 Å². The van der Waals surface area contributed by atoms with Crippen molar-refractivity contribution in [1.29, 1.82) is 0 Å². The van der Waals surface area contributed by atoms with E-state index in [2.05, 4.69) is 72.2 Å². The molecule has 3 aliphatic heterocycles. The topological polar surface area (TPSA) is 42.4 Å². The Bertz CT molecular complexity index is 1660. The number of halogens is 1. The maximum absolute atomic E-state index is 12.2. The van der Waals surface area contributed by atoms with Crippen LogP contribution in [0.5, 0.6) is 5.75 Å². The quantitative estimate of drug-likeness (QED) is 0.196. The van der Waals surface area contributed by atoms with Gasteiger partial charge in [0.1, 0.15) is 24.4 Å². The van der Waals surface area contributed by atoms with Crippen LogP contribution in [-0.2, 0) is 6.54 Å². The van der Waals surface area contributed by atoms with Gasteiger partial charge in [0.05, 0.1) is 25.7 Å². The molecule has 4 nitrogen and oxygen atoms in total. The second-order valence-corrected chi connectivity index (χ2v) is 11.6. The number of aliphatic hydroxyl groups excluding tert-OH is 1. The molecule has 0 amide bonds. The number of methoxy groups -OCH3 is 1. The van der Waals surface area contributed by atoms with Gasteiger partial charge in [0.15, 0.2) is 0 Å². The molecule has 204 valence electrons. The molecule has 0 spiro atoms. The maximum atomic E-state index is 12.2. The number of quaternary nitrogens is 1. The first-order valence-corrected chi connectivity index (χ1v) is 14.1. The van der Waals surface area contributed by atoms with Crippen LogP contribution in [0.15, 0.2) is 97.7 Å². The van der Waals surface area contributed by atoms with E-state index in [4.69, 9.17) is 4.74 Å². The molecule has 2 bridgehead atoms. The van der Waals surface area contributed by atoms with Crippen molar-refractivity contribution in [3.05, 3.63) is 109 Å². The van der Waals surface area contributed by atoms with E-state index in [0.29, 0.717) is 11.8 Å². The minimum absolute atomic E-state index is 0. The summed E-state index contributed by atoms with van der Waals surface area (Å²) in [6, 6.07) is 27.9. The molecule has 0 saturated carbocycles. The monoisotopic (exact) mass is 550 g/mol. The molecule has 1 aromatic heterocycles. The molecule has 5 aromatic rings. The molecule has 40 heavy (non-hydrogen) atoms. The number of fused-ring (bicyclic) bond motifs is 6. The van der Waals surface area contributed by atoms with E-state index in [0.717, 1.165) is 52.8 Å². The zero-order valence-corrected chi connectivity index (χ0v) is 23.6. The number of pyridine rings is 1. The Morgan fingerprint density at radius 3 is 2.42 bits per heavy atom. The molecule has 1 N–H and O–H groups in total. The van der Waals surface area contributed by atoms with Gasteiger partial charge in [0.25, 0.3) is 0 Å². The maximum Gasteiger partial charge on any atom is 0.131 e. The fourth-order valence-corrected chi connectivity index (χ4v) is 7.71. The Labute approximate surface area is 241 Å². The number of aromatic nitrogens is 1. The van der Waals surface area contributed by atoms with Gasteiger partial charge >= 0.3 is 0 Å². The lowest BCUT2D eigenvalue weighted by Crippen LogP contribution is -3.00. The summed E-state index contributed by atoms with van der Waals surface area (Å²) in [5, 5.41) is 18.4. The first-order valence-electron chi connectivity index (χ1n) is 14.1. The normalized spacial score (nSPS) is 24.6. The highest BCUT2D eigenvalue weighted by molar-refractivity contribution is 6.02. The molecule has 4 aromatic carbocycles. The summed E-state index contributed by atoms with van der Waals surface area (Å²) < 4.78 is 6.41. The van der Waals surface area contributed by atoms with Crippen LogP contribution < -0.4 is 17.1 Å². The smallest absolute Gasteiger partial charge is 0.131 e. The number of hydrogen-bond donors (Lipinski definition) is 1. The SMILES string of the molecule is C=C[C@H]1C[N+]2(Cc3c4ccccc4cc4ccccc34)CC[C@@H]1C[C@@H]2[C@@H](O)c1ccnc2ccc(OC)cc12.[Cl-]. The summed E-state index contributed by atoms with van der Waals surface area (Å²) >= 11 is 0. The number of aliphatic hydroxyl groups is 1. The fraction of sp³-hybridized carbons (Fsp3) is 0.286. The fourth-order valence-electron chi connectivity index (χ4n) is 7.71. The molecule has 0 aliphatic carbocycles. The second kappa shape index (κ2) is 10.5. The highest BCUT2D eigenvalue weighted by Crippen LogP contribution is 2.49. The first kappa shape index (κ1) is 26.8. The average molecular weight is 551 g/mol. The van der Waals surface area contributed by atoms with Crippen LogP contribution >= 0.6 is 0 Å². The van der Waals surface area contributed by atoms with Gasteiger partial charge in [-0.1, -0.05) is 54.6 Å². The zero-order valence-electron chi connectivity index (χ0n) is 22.8. The molecular formula is C35H35ClN2O2. The van der Waals surface area contributed by atoms with E-state index in [1.165, 1.54) is 33.5 Å². The molecular weight excluding hydrogens is 516 g/mol. The number of piperidine rings is 3. The highest BCUT2D eigenvalue weighted by Gasteiger charge is 2.54. The molecule has 4 heterocycles. The van der Waals surface area contributed by atoms with Gasteiger partial charge in [-0.3, -0.25) is 4.98 Å². The van der Waals surface area contributed by atoms with Crippen molar-refractivity contribution < 1.29 is 26.7 Å². The molecule has 5 atom stereocenters. The minimum Gasteiger partial charge on any atom is -1.00 e. The van der Waals surface area contributed by atoms with Gasteiger partial charge in [-0.2, -0.15) is 0 Å². The number of hydrogen-bond acceptors (Lipinski definition) is 3. The summed E-state index contributed by atoms with van der Waals surface area (Å²) in [6.45, 7) is 7.21. The molecule has 3 fully saturated rings. The van der Waals surface area contributed by atoms with Crippen molar-refractivity contribution in [3.63, 3.8) is 0 Å². The van der Waals surface area contributed by atoms with Crippen molar-refractivity contribution in [3.8, 4) is 5.75 Å². The Hall–Kier alpha value is -3.44. The van der Waals surface area contributed by atoms with Gasteiger partial charge in [0.2, 0.25) is 0 Å². The Morgan fingerprint density at radius 2 is 1.73 bits per heavy atom. The summed E-state index contributed by atoms with van der Waals surface area (Å²) in [5.74, 6) is 1.82. The lowest BCUT2D eigenvalue weighted by Gasteiger charge is -2.58. The highest BCUT2D eigenvalue weighted by atomic mass is 35.5. The molecule has 3 aliphatic rings. The lowest BCUT2D eigenvalue weighted by molar-refractivity contribution is -0.984. The summed E-state index contributed by atoms with van der Waals surface area (Å²) in [4.78, 5) is 4.59. The summed E-state index contributed by atoms with van der Waals surface area (Å²) in [5.41, 5.74) is 3.23. The third-order valence-corrected chi connectivity index (χ3v) is 9.70. The lowest BCUT2D eigenvalue weighted by atomic mass is 9.71. The molecule has 8 rings (SSSR count). The van der Waals surface area contributed by atoms with Crippen LogP contribution in [0.4, 0.5) is 0 Å². The second-order valence-electron chi connectivity index (χ2n) is 11.6. The van der Waals surface area contributed by atoms with E-state index in [1.54, 1.807) is 7.11 Å². The standard InChI is InChI=1S/C35H35N2O2.ClH/c1-3-23-21-37(22-32-28-10-6-4-8-25(28)18-26-9-5-7-11-29(26)32)17-15-24(23)19-34(37)35(38)30-14-16-36-33-13-12-27(39-2)20-31(30)33;/h3-14,16,18,20,23-24,34-35,38H,1,15,17,19,21-22H2,2H3;1H/q+1;/p-1/t23-,24+,34+,35-,37?;/m0./s1. The average Bonchev–Trinajstić information content (AvgIpc) is 3.00. The Kier molecular flexibility index (Phi) is 7.03. The van der Waals surface area contributed by atoms with Crippen molar-refractivity contribution in [1.82, 2.24) is 4.98 Å². The molecule has 3 saturated heterocycles. The van der Waals surface area contributed by atoms with E-state index < -0.39 is 6.10 Å². The number of rotatable bonds is 6. The predicted octanol–water partition coefficient (Wildman–Crippen LogP) is 4.20. The zero-order chi connectivity index (χ0) is 26.6. The largest absolute Gasteiger partial charge is 1.00 e. The van der Waals surface area contributed by atoms with Gasteiger partial charge in [-0.05, 0) is 63.4 Å². The van der Waals surface area contributed by atoms with Crippen LogP contribution in [-0.4, -0.2) is 40.8 Å². The van der Waals surface area contributed by atoms with Crippen LogP contribution in [0.3, 0.4) is 0 Å². The van der Waals surface area contributed by atoms with Crippen LogP contribution in [0.2, 0.25) is 0 Å². The van der Waals surface area contributed by atoms with E-state index in [9.17, 15) is 5.11 Å². The number of nitrogens with zero attached hydrogens (tertiary/aromatic N) is 2. The van der Waals surface area contributed by atoms with Crippen molar-refractivity contribution in [2.24, 2.45) is 11.8 Å². The van der Waals surface area contributed by atoms with E-state index >= 15 is 0 Å². The Balaban J connectivity index is 0.00000289. The molecule has 1 unspecified atom stereocenters. The van der Waals surface area contributed by atoms with Gasteiger partial charge < -0.3 is 26.7 Å². The van der Waals surface area contributed by atoms with Gasteiger partial charge in [-0.15, -0.1) is 6.58 Å². The first-order chi connectivity index (χ1) is 19.1. The van der Waals surface area contributed by atoms with E-state index in [-0.39, 0.29) is 18.4 Å².